The van der Waals surface area contributed by atoms with Crippen LogP contribution in [0, 0.1) is 17.8 Å². The van der Waals surface area contributed by atoms with Crippen LogP contribution in [0.1, 0.15) is 101 Å². The van der Waals surface area contributed by atoms with Gasteiger partial charge in [0.25, 0.3) is 0 Å². The lowest BCUT2D eigenvalue weighted by atomic mass is 9.78. The molecule has 0 heterocycles. The van der Waals surface area contributed by atoms with E-state index in [1.54, 1.807) is 5.56 Å². The van der Waals surface area contributed by atoms with Crippen molar-refractivity contribution in [2.75, 3.05) is 0 Å². The quantitative estimate of drug-likeness (QED) is 0.320. The second-order valence-electron chi connectivity index (χ2n) is 9.15. The van der Waals surface area contributed by atoms with E-state index in [4.69, 9.17) is 0 Å². The molecule has 0 aliphatic heterocycles. The number of benzene rings is 1. The van der Waals surface area contributed by atoms with Crippen molar-refractivity contribution in [3.63, 3.8) is 0 Å². The molecule has 2 saturated carbocycles. The molecule has 3 rings (SSSR count). The monoisotopic (exact) mass is 364 g/mol. The highest BCUT2D eigenvalue weighted by molar-refractivity contribution is 5.50. The number of unbranched alkanes of at least 4 members (excludes halogenated alkanes) is 2. The zero-order chi connectivity index (χ0) is 18.9. The summed E-state index contributed by atoms with van der Waals surface area (Å²) in [7, 11) is 0. The molecule has 1 aromatic carbocycles. The van der Waals surface area contributed by atoms with Gasteiger partial charge in [0.1, 0.15) is 0 Å². The van der Waals surface area contributed by atoms with Gasteiger partial charge < -0.3 is 0 Å². The molecular formula is C27H40. The fourth-order valence-corrected chi connectivity index (χ4v) is 5.17. The Morgan fingerprint density at radius 1 is 0.852 bits per heavy atom. The van der Waals surface area contributed by atoms with Crippen molar-refractivity contribution in [3.05, 3.63) is 54.1 Å². The van der Waals surface area contributed by atoms with E-state index in [9.17, 15) is 0 Å². The van der Waals surface area contributed by atoms with Crippen LogP contribution in [0.25, 0.3) is 6.08 Å². The summed E-state index contributed by atoms with van der Waals surface area (Å²) >= 11 is 0. The fourth-order valence-electron chi connectivity index (χ4n) is 5.17. The Kier molecular flexibility index (Phi) is 8.24. The summed E-state index contributed by atoms with van der Waals surface area (Å²) in [5.41, 5.74) is 2.92. The van der Waals surface area contributed by atoms with E-state index >= 15 is 0 Å². The zero-order valence-electron chi connectivity index (χ0n) is 17.5. The van der Waals surface area contributed by atoms with Crippen LogP contribution in [0.15, 0.2) is 43.0 Å². The van der Waals surface area contributed by atoms with Crippen molar-refractivity contribution in [2.45, 2.75) is 89.9 Å². The van der Waals surface area contributed by atoms with Gasteiger partial charge in [0, 0.05) is 0 Å². The molecule has 0 N–H and O–H groups in total. The third kappa shape index (κ3) is 6.37. The van der Waals surface area contributed by atoms with Crippen molar-refractivity contribution in [3.8, 4) is 0 Å². The predicted octanol–water partition coefficient (Wildman–Crippen LogP) is 8.55. The van der Waals surface area contributed by atoms with Gasteiger partial charge in [0.2, 0.25) is 0 Å². The highest BCUT2D eigenvalue weighted by Crippen LogP contribution is 2.36. The molecule has 0 unspecified atom stereocenters. The first kappa shape index (κ1) is 20.4. The van der Waals surface area contributed by atoms with Crippen molar-refractivity contribution in [1.29, 1.82) is 0 Å². The molecule has 27 heavy (non-hydrogen) atoms. The van der Waals surface area contributed by atoms with Crippen molar-refractivity contribution < 1.29 is 0 Å². The Bertz CT molecular complexity index is 563. The summed E-state index contributed by atoms with van der Waals surface area (Å²) in [5, 5.41) is 0. The van der Waals surface area contributed by atoms with Crippen LogP contribution in [0.5, 0.6) is 0 Å². The van der Waals surface area contributed by atoms with Gasteiger partial charge in [-0.25, -0.2) is 0 Å². The van der Waals surface area contributed by atoms with Gasteiger partial charge in [0.05, 0.1) is 0 Å². The fraction of sp³-hybridized carbons (Fsp3) is 0.630. The van der Waals surface area contributed by atoms with Crippen LogP contribution in [-0.4, -0.2) is 0 Å². The Morgan fingerprint density at radius 2 is 1.52 bits per heavy atom. The Labute approximate surface area is 168 Å². The van der Waals surface area contributed by atoms with Gasteiger partial charge in [-0.2, -0.15) is 0 Å². The predicted molar refractivity (Wildman–Crippen MR) is 120 cm³/mol. The molecule has 0 radical (unpaired) electrons. The Morgan fingerprint density at radius 3 is 2.15 bits per heavy atom. The van der Waals surface area contributed by atoms with Crippen LogP contribution in [0.2, 0.25) is 0 Å². The minimum Gasteiger partial charge on any atom is -0.103 e. The second-order valence-corrected chi connectivity index (χ2v) is 9.15. The lowest BCUT2D eigenvalue weighted by Gasteiger charge is -2.27. The van der Waals surface area contributed by atoms with E-state index in [1.165, 1.54) is 82.6 Å². The molecular weight excluding hydrogens is 324 g/mol. The average Bonchev–Trinajstić information content (AvgIpc) is 2.74. The first-order valence-electron chi connectivity index (χ1n) is 11.7. The highest BCUT2D eigenvalue weighted by Gasteiger charge is 2.21. The molecule has 0 bridgehead atoms. The van der Waals surface area contributed by atoms with E-state index in [2.05, 4.69) is 56.0 Å². The first-order valence-corrected chi connectivity index (χ1v) is 11.7. The van der Waals surface area contributed by atoms with Gasteiger partial charge in [-0.1, -0.05) is 75.1 Å². The van der Waals surface area contributed by atoms with Crippen molar-refractivity contribution >= 4 is 6.08 Å². The number of hydrogen-bond acceptors (Lipinski definition) is 0. The average molecular weight is 365 g/mol. The van der Waals surface area contributed by atoms with E-state index in [0.717, 1.165) is 23.7 Å². The van der Waals surface area contributed by atoms with E-state index in [0.29, 0.717) is 0 Å². The summed E-state index contributed by atoms with van der Waals surface area (Å²) in [5.74, 6) is 3.34. The molecule has 0 aromatic heterocycles. The molecule has 2 aliphatic rings. The maximum Gasteiger partial charge on any atom is -0.0162 e. The summed E-state index contributed by atoms with van der Waals surface area (Å²) in [4.78, 5) is 0. The molecule has 1 aromatic rings. The lowest BCUT2D eigenvalue weighted by Crippen LogP contribution is -2.13. The summed E-state index contributed by atoms with van der Waals surface area (Å²) in [6.45, 7) is 6.27. The molecule has 0 saturated heterocycles. The van der Waals surface area contributed by atoms with Crippen LogP contribution in [0.3, 0.4) is 0 Å². The SMILES string of the molecule is C=CC1CCC(c2ccc(C=CC3CCC(CCCCC)CC3)cc2)CC1. The molecule has 0 atom stereocenters. The molecule has 2 fully saturated rings. The van der Waals surface area contributed by atoms with Gasteiger partial charge >= 0.3 is 0 Å². The molecule has 148 valence electrons. The Balaban J connectivity index is 1.43. The number of rotatable bonds is 8. The molecule has 0 amide bonds. The standard InChI is InChI=1S/C27H40/c1-3-5-6-7-23-8-10-24(11-9-23)12-13-25-16-20-27(21-17-25)26-18-14-22(4-2)15-19-26/h4,12-13,16-17,20-24,26H,2-3,5-11,14-15,18-19H2,1H3. The maximum absolute atomic E-state index is 3.97. The third-order valence-electron chi connectivity index (χ3n) is 7.18. The van der Waals surface area contributed by atoms with Gasteiger partial charge in [0.15, 0.2) is 0 Å². The minimum absolute atomic E-state index is 0.755. The third-order valence-corrected chi connectivity index (χ3v) is 7.18. The highest BCUT2D eigenvalue weighted by atomic mass is 14.3. The lowest BCUT2D eigenvalue weighted by molar-refractivity contribution is 0.290. The molecule has 0 heteroatoms. The Hall–Kier alpha value is -1.30. The largest absolute Gasteiger partial charge is 0.103 e. The minimum atomic E-state index is 0.755. The van der Waals surface area contributed by atoms with Gasteiger partial charge in [-0.15, -0.1) is 6.58 Å². The smallest absolute Gasteiger partial charge is 0.0162 e. The van der Waals surface area contributed by atoms with Crippen LogP contribution >= 0.6 is 0 Å². The topological polar surface area (TPSA) is 0 Å². The van der Waals surface area contributed by atoms with Crippen molar-refractivity contribution in [2.24, 2.45) is 17.8 Å². The number of allylic oxidation sites excluding steroid dienone is 2. The first-order chi connectivity index (χ1) is 13.3. The summed E-state index contributed by atoms with van der Waals surface area (Å²) in [6, 6.07) is 9.43. The van der Waals surface area contributed by atoms with E-state index in [-0.39, 0.29) is 0 Å². The van der Waals surface area contributed by atoms with Crippen molar-refractivity contribution in [1.82, 2.24) is 0 Å². The van der Waals surface area contributed by atoms with E-state index < -0.39 is 0 Å². The van der Waals surface area contributed by atoms with E-state index in [1.807, 2.05) is 0 Å². The second kappa shape index (κ2) is 10.9. The van der Waals surface area contributed by atoms with Crippen LogP contribution < -0.4 is 0 Å². The normalized spacial score (nSPS) is 29.1. The van der Waals surface area contributed by atoms with Gasteiger partial charge in [-0.05, 0) is 86.2 Å². The molecule has 0 nitrogen and oxygen atoms in total. The summed E-state index contributed by atoms with van der Waals surface area (Å²) < 4.78 is 0. The van der Waals surface area contributed by atoms with Gasteiger partial charge in [-0.3, -0.25) is 0 Å². The van der Waals surface area contributed by atoms with Crippen LogP contribution in [-0.2, 0) is 0 Å². The number of hydrogen-bond donors (Lipinski definition) is 0. The molecule has 2 aliphatic carbocycles. The van der Waals surface area contributed by atoms with Crippen LogP contribution in [0.4, 0.5) is 0 Å². The summed E-state index contributed by atoms with van der Waals surface area (Å²) in [6.07, 6.45) is 23.7. The maximum atomic E-state index is 3.97. The zero-order valence-corrected chi connectivity index (χ0v) is 17.5. The molecule has 0 spiro atoms.